The quantitative estimate of drug-likeness (QED) is 0.141. The second-order valence-electron chi connectivity index (χ2n) is 9.00. The van der Waals surface area contributed by atoms with Crippen molar-refractivity contribution in [3.63, 3.8) is 0 Å². The Hall–Kier alpha value is -5.00. The zero-order chi connectivity index (χ0) is 28.6. The molecule has 0 radical (unpaired) electrons. The van der Waals surface area contributed by atoms with Gasteiger partial charge in [-0.3, -0.25) is 4.79 Å². The second-order valence-corrected chi connectivity index (χ2v) is 9.85. The van der Waals surface area contributed by atoms with E-state index in [0.29, 0.717) is 51.6 Å². The Kier molecular flexibility index (Phi) is 8.67. The molecule has 5 aromatic rings. The first-order valence-corrected chi connectivity index (χ1v) is 13.7. The summed E-state index contributed by atoms with van der Waals surface area (Å²) in [6.45, 7) is 2.64. The zero-order valence-corrected chi connectivity index (χ0v) is 23.8. The Morgan fingerprint density at radius 1 is 1.00 bits per heavy atom. The number of fused-ring (bicyclic) bond motifs is 1. The minimum Gasteiger partial charge on any atom is -0.490 e. The Morgan fingerprint density at radius 3 is 2.51 bits per heavy atom. The van der Waals surface area contributed by atoms with Gasteiger partial charge >= 0.3 is 0 Å². The van der Waals surface area contributed by atoms with E-state index in [4.69, 9.17) is 19.7 Å². The summed E-state index contributed by atoms with van der Waals surface area (Å²) in [5.74, 6) is 0.744. The monoisotopic (exact) mass is 604 g/mol. The second kappa shape index (κ2) is 12.9. The highest BCUT2D eigenvalue weighted by molar-refractivity contribution is 9.10. The van der Waals surface area contributed by atoms with Crippen molar-refractivity contribution in [3.05, 3.63) is 124 Å². The number of rotatable bonds is 9. The molecule has 0 unspecified atom stereocenters. The molecule has 0 atom stereocenters. The molecule has 1 N–H and O–H groups in total. The van der Waals surface area contributed by atoms with E-state index < -0.39 is 0 Å². The molecule has 0 aliphatic carbocycles. The number of benzene rings is 4. The number of nitrogens with zero attached hydrogens (tertiary/aromatic N) is 3. The van der Waals surface area contributed by atoms with Crippen molar-refractivity contribution in [2.45, 2.75) is 13.5 Å². The number of hydrogen-bond acceptors (Lipinski definition) is 6. The minimum absolute atomic E-state index is 0.304. The molecule has 0 bridgehead atoms. The molecule has 0 saturated carbocycles. The summed E-state index contributed by atoms with van der Waals surface area (Å²) in [4.78, 5) is 18.0. The molecule has 8 heteroatoms. The van der Waals surface area contributed by atoms with Gasteiger partial charge in [-0.15, -0.1) is 0 Å². The number of ether oxygens (including phenoxy) is 2. The van der Waals surface area contributed by atoms with Crippen LogP contribution in [-0.2, 0) is 6.61 Å². The lowest BCUT2D eigenvalue weighted by Gasteiger charge is -2.15. The highest BCUT2D eigenvalue weighted by Crippen LogP contribution is 2.37. The lowest BCUT2D eigenvalue weighted by molar-refractivity contribution is 0.0956. The maximum atomic E-state index is 13.3. The molecule has 1 amide bonds. The van der Waals surface area contributed by atoms with E-state index in [9.17, 15) is 4.79 Å². The first kappa shape index (κ1) is 27.6. The van der Waals surface area contributed by atoms with Crippen LogP contribution in [0.2, 0.25) is 0 Å². The Morgan fingerprint density at radius 2 is 1.76 bits per heavy atom. The number of pyridine rings is 1. The zero-order valence-electron chi connectivity index (χ0n) is 22.2. The summed E-state index contributed by atoms with van der Waals surface area (Å²) in [6, 6.07) is 32.0. The third kappa shape index (κ3) is 6.60. The first-order chi connectivity index (χ1) is 20.1. The third-order valence-corrected chi connectivity index (χ3v) is 6.80. The van der Waals surface area contributed by atoms with Crippen LogP contribution in [0.15, 0.2) is 107 Å². The number of nitrogens with one attached hydrogen (secondary N) is 1. The van der Waals surface area contributed by atoms with Crippen LogP contribution < -0.4 is 14.9 Å². The number of aromatic nitrogens is 1. The van der Waals surface area contributed by atoms with Crippen molar-refractivity contribution in [2.75, 3.05) is 6.61 Å². The van der Waals surface area contributed by atoms with Crippen molar-refractivity contribution in [2.24, 2.45) is 5.10 Å². The van der Waals surface area contributed by atoms with Crippen molar-refractivity contribution in [1.29, 1.82) is 5.26 Å². The number of amides is 1. The van der Waals surface area contributed by atoms with E-state index in [1.54, 1.807) is 30.5 Å². The van der Waals surface area contributed by atoms with E-state index in [1.165, 1.54) is 0 Å². The van der Waals surface area contributed by atoms with Crippen molar-refractivity contribution in [1.82, 2.24) is 10.4 Å². The molecule has 1 heterocycles. The largest absolute Gasteiger partial charge is 0.490 e. The van der Waals surface area contributed by atoms with Crippen molar-refractivity contribution >= 4 is 39.0 Å². The molecule has 0 spiro atoms. The van der Waals surface area contributed by atoms with Gasteiger partial charge in [0.25, 0.3) is 5.91 Å². The maximum absolute atomic E-state index is 13.3. The van der Waals surface area contributed by atoms with E-state index in [2.05, 4.69) is 32.5 Å². The predicted octanol–water partition coefficient (Wildman–Crippen LogP) is 7.28. The SMILES string of the molecule is CCOc1cc(/C=N\NC(=O)c2cc(-c3ccccc3)nc3ccccc23)cc(Br)c1OCc1ccc(C#N)cc1. The van der Waals surface area contributed by atoms with Crippen LogP contribution in [0.3, 0.4) is 0 Å². The summed E-state index contributed by atoms with van der Waals surface area (Å²) >= 11 is 3.58. The molecule has 0 aliphatic heterocycles. The van der Waals surface area contributed by atoms with E-state index in [0.717, 1.165) is 22.0 Å². The van der Waals surface area contributed by atoms with Gasteiger partial charge in [0.15, 0.2) is 11.5 Å². The summed E-state index contributed by atoms with van der Waals surface area (Å²) < 4.78 is 12.6. The summed E-state index contributed by atoms with van der Waals surface area (Å²) in [5.41, 5.74) is 7.71. The number of para-hydroxylation sites is 1. The Bertz CT molecular complexity index is 1760. The highest BCUT2D eigenvalue weighted by atomic mass is 79.9. The third-order valence-electron chi connectivity index (χ3n) is 6.21. The molecule has 1 aromatic heterocycles. The fourth-order valence-corrected chi connectivity index (χ4v) is 4.82. The average Bonchev–Trinajstić information content (AvgIpc) is 3.01. The van der Waals surface area contributed by atoms with Crippen LogP contribution in [0.25, 0.3) is 22.2 Å². The number of carbonyl (C=O) groups excluding carboxylic acids is 1. The molecule has 0 saturated heterocycles. The molecule has 202 valence electrons. The minimum atomic E-state index is -0.344. The van der Waals surface area contributed by atoms with Gasteiger partial charge in [0, 0.05) is 10.9 Å². The van der Waals surface area contributed by atoms with Crippen LogP contribution in [0, 0.1) is 11.3 Å². The van der Waals surface area contributed by atoms with Gasteiger partial charge in [0.1, 0.15) is 6.61 Å². The summed E-state index contributed by atoms with van der Waals surface area (Å²) in [7, 11) is 0. The number of hydrazone groups is 1. The van der Waals surface area contributed by atoms with Gasteiger partial charge in [-0.2, -0.15) is 10.4 Å². The molecular formula is C33H25BrN4O3. The predicted molar refractivity (Wildman–Crippen MR) is 163 cm³/mol. The first-order valence-electron chi connectivity index (χ1n) is 12.9. The smallest absolute Gasteiger partial charge is 0.272 e. The van der Waals surface area contributed by atoms with Crippen molar-refractivity contribution in [3.8, 4) is 28.8 Å². The standard InChI is InChI=1S/C33H25BrN4O3/c1-2-40-31-17-24(16-28(34)32(31)41-21-23-14-12-22(19-35)13-15-23)20-36-38-33(39)27-18-30(25-8-4-3-5-9-25)37-29-11-7-6-10-26(27)29/h3-18,20H,2,21H2,1H3,(H,38,39)/b36-20-. The van der Waals surface area contributed by atoms with Gasteiger partial charge < -0.3 is 9.47 Å². The average molecular weight is 605 g/mol. The number of carbonyl (C=O) groups is 1. The molecule has 41 heavy (non-hydrogen) atoms. The van der Waals surface area contributed by atoms with E-state index in [-0.39, 0.29) is 5.91 Å². The number of nitriles is 1. The maximum Gasteiger partial charge on any atom is 0.272 e. The lowest BCUT2D eigenvalue weighted by Crippen LogP contribution is -2.18. The Balaban J connectivity index is 1.35. The van der Waals surface area contributed by atoms with Crippen LogP contribution in [-0.4, -0.2) is 23.7 Å². The fraction of sp³-hybridized carbons (Fsp3) is 0.0909. The molecular weight excluding hydrogens is 580 g/mol. The molecule has 4 aromatic carbocycles. The summed E-state index contributed by atoms with van der Waals surface area (Å²) in [5, 5.41) is 14.0. The fourth-order valence-electron chi connectivity index (χ4n) is 4.24. The van der Waals surface area contributed by atoms with Crippen LogP contribution in [0.1, 0.15) is 34.0 Å². The molecule has 0 fully saturated rings. The number of hydrogen-bond donors (Lipinski definition) is 1. The normalized spacial score (nSPS) is 10.9. The molecule has 0 aliphatic rings. The van der Waals surface area contributed by atoms with Crippen LogP contribution in [0.4, 0.5) is 0 Å². The van der Waals surface area contributed by atoms with Crippen LogP contribution >= 0.6 is 15.9 Å². The van der Waals surface area contributed by atoms with Gasteiger partial charge in [-0.25, -0.2) is 10.4 Å². The molecule has 5 rings (SSSR count). The topological polar surface area (TPSA) is 96.6 Å². The lowest BCUT2D eigenvalue weighted by atomic mass is 10.0. The van der Waals surface area contributed by atoms with E-state index >= 15 is 0 Å². The number of halogens is 1. The summed E-state index contributed by atoms with van der Waals surface area (Å²) in [6.07, 6.45) is 1.55. The molecule has 7 nitrogen and oxygen atoms in total. The van der Waals surface area contributed by atoms with Gasteiger partial charge in [0.05, 0.1) is 45.7 Å². The van der Waals surface area contributed by atoms with E-state index in [1.807, 2.05) is 79.7 Å². The Labute approximate surface area is 246 Å². The van der Waals surface area contributed by atoms with Crippen LogP contribution in [0.5, 0.6) is 11.5 Å². The van der Waals surface area contributed by atoms with Gasteiger partial charge in [0.2, 0.25) is 0 Å². The van der Waals surface area contributed by atoms with Gasteiger partial charge in [-0.05, 0) is 70.4 Å². The van der Waals surface area contributed by atoms with Gasteiger partial charge in [-0.1, -0.05) is 60.7 Å². The van der Waals surface area contributed by atoms with Crippen molar-refractivity contribution < 1.29 is 14.3 Å². The highest BCUT2D eigenvalue weighted by Gasteiger charge is 2.15.